The van der Waals surface area contributed by atoms with Crippen LogP contribution in [0.3, 0.4) is 0 Å². The van der Waals surface area contributed by atoms with Gasteiger partial charge in [0.15, 0.2) is 0 Å². The van der Waals surface area contributed by atoms with Crippen LogP contribution in [0.5, 0.6) is 0 Å². The molecule has 0 aliphatic carbocycles. The van der Waals surface area contributed by atoms with Gasteiger partial charge in [-0.15, -0.1) is 0 Å². The molecule has 0 fully saturated rings. The standard InChI is InChI=1S/C14H8BrClN2O/c15-12-4-2-1-3-11(12)14(19)18-10-6-5-9(8-17)13(16)7-10/h1-7H,(H,18,19). The van der Waals surface area contributed by atoms with Crippen LogP contribution in [0.4, 0.5) is 5.69 Å². The van der Waals surface area contributed by atoms with E-state index in [0.29, 0.717) is 26.3 Å². The summed E-state index contributed by atoms with van der Waals surface area (Å²) in [5, 5.41) is 11.8. The van der Waals surface area contributed by atoms with Gasteiger partial charge in [0.2, 0.25) is 0 Å². The molecule has 3 nitrogen and oxygen atoms in total. The average Bonchev–Trinajstić information content (AvgIpc) is 2.39. The van der Waals surface area contributed by atoms with Gasteiger partial charge in [0.25, 0.3) is 5.91 Å². The van der Waals surface area contributed by atoms with E-state index in [4.69, 9.17) is 16.9 Å². The first kappa shape index (κ1) is 13.6. The van der Waals surface area contributed by atoms with Crippen LogP contribution in [0.25, 0.3) is 0 Å². The minimum absolute atomic E-state index is 0.242. The fourth-order valence-electron chi connectivity index (χ4n) is 1.53. The van der Waals surface area contributed by atoms with Crippen molar-refractivity contribution in [1.82, 2.24) is 0 Å². The van der Waals surface area contributed by atoms with Gasteiger partial charge in [-0.05, 0) is 46.3 Å². The van der Waals surface area contributed by atoms with E-state index in [2.05, 4.69) is 21.2 Å². The minimum Gasteiger partial charge on any atom is -0.322 e. The molecule has 0 aliphatic heterocycles. The Balaban J connectivity index is 2.23. The number of nitrogens with zero attached hydrogens (tertiary/aromatic N) is 1. The molecule has 2 rings (SSSR count). The number of anilines is 1. The summed E-state index contributed by atoms with van der Waals surface area (Å²) in [6, 6.07) is 13.8. The SMILES string of the molecule is N#Cc1ccc(NC(=O)c2ccccc2Br)cc1Cl. The predicted octanol–water partition coefficient (Wildman–Crippen LogP) is 4.23. The fourth-order valence-corrected chi connectivity index (χ4v) is 2.21. The third-order valence-corrected chi connectivity index (χ3v) is 3.47. The highest BCUT2D eigenvalue weighted by molar-refractivity contribution is 9.10. The molecule has 19 heavy (non-hydrogen) atoms. The van der Waals surface area contributed by atoms with Crippen molar-refractivity contribution in [2.75, 3.05) is 5.32 Å². The molecule has 2 aromatic carbocycles. The number of rotatable bonds is 2. The molecule has 0 saturated carbocycles. The van der Waals surface area contributed by atoms with Crippen LogP contribution >= 0.6 is 27.5 Å². The Morgan fingerprint density at radius 2 is 2.00 bits per heavy atom. The van der Waals surface area contributed by atoms with E-state index in [1.54, 1.807) is 36.4 Å². The lowest BCUT2D eigenvalue weighted by Crippen LogP contribution is -2.12. The normalized spacial score (nSPS) is 9.74. The molecule has 0 aromatic heterocycles. The first-order chi connectivity index (χ1) is 9.11. The van der Waals surface area contributed by atoms with Gasteiger partial charge in [0.1, 0.15) is 6.07 Å². The highest BCUT2D eigenvalue weighted by Gasteiger charge is 2.10. The highest BCUT2D eigenvalue weighted by Crippen LogP contribution is 2.22. The van der Waals surface area contributed by atoms with Crippen molar-refractivity contribution in [3.63, 3.8) is 0 Å². The number of carbonyl (C=O) groups excluding carboxylic acids is 1. The molecule has 0 aliphatic rings. The quantitative estimate of drug-likeness (QED) is 0.893. The zero-order valence-corrected chi connectivity index (χ0v) is 12.0. The maximum atomic E-state index is 12.1. The van der Waals surface area contributed by atoms with Crippen LogP contribution in [0.1, 0.15) is 15.9 Å². The van der Waals surface area contributed by atoms with E-state index in [-0.39, 0.29) is 5.91 Å². The van der Waals surface area contributed by atoms with Crippen molar-refractivity contribution < 1.29 is 4.79 Å². The average molecular weight is 336 g/mol. The molecule has 94 valence electrons. The second kappa shape index (κ2) is 5.87. The van der Waals surface area contributed by atoms with Gasteiger partial charge in [-0.2, -0.15) is 5.26 Å². The molecule has 1 N–H and O–H groups in total. The molecule has 0 radical (unpaired) electrons. The molecule has 0 saturated heterocycles. The number of amides is 1. The molecule has 0 bridgehead atoms. The van der Waals surface area contributed by atoms with Crippen LogP contribution in [-0.2, 0) is 0 Å². The Hall–Kier alpha value is -1.83. The molecule has 5 heteroatoms. The molecule has 1 amide bonds. The lowest BCUT2D eigenvalue weighted by Gasteiger charge is -2.07. The number of nitrogens with one attached hydrogen (secondary N) is 1. The number of hydrogen-bond donors (Lipinski definition) is 1. The van der Waals surface area contributed by atoms with Gasteiger partial charge < -0.3 is 5.32 Å². The summed E-state index contributed by atoms with van der Waals surface area (Å²) in [5.41, 5.74) is 1.45. The van der Waals surface area contributed by atoms with Crippen LogP contribution in [-0.4, -0.2) is 5.91 Å². The van der Waals surface area contributed by atoms with Crippen molar-refractivity contribution in [2.24, 2.45) is 0 Å². The third kappa shape index (κ3) is 3.14. The maximum Gasteiger partial charge on any atom is 0.256 e. The van der Waals surface area contributed by atoms with Gasteiger partial charge in [-0.1, -0.05) is 23.7 Å². The van der Waals surface area contributed by atoms with Crippen molar-refractivity contribution >= 4 is 39.1 Å². The first-order valence-electron chi connectivity index (χ1n) is 5.37. The van der Waals surface area contributed by atoms with Crippen molar-refractivity contribution in [2.45, 2.75) is 0 Å². The van der Waals surface area contributed by atoms with E-state index < -0.39 is 0 Å². The van der Waals surface area contributed by atoms with Gasteiger partial charge in [-0.3, -0.25) is 4.79 Å². The third-order valence-electron chi connectivity index (χ3n) is 2.47. The zero-order chi connectivity index (χ0) is 13.8. The van der Waals surface area contributed by atoms with Crippen LogP contribution in [0, 0.1) is 11.3 Å². The lowest BCUT2D eigenvalue weighted by molar-refractivity contribution is 0.102. The van der Waals surface area contributed by atoms with Crippen molar-refractivity contribution in [3.05, 3.63) is 63.1 Å². The second-order valence-corrected chi connectivity index (χ2v) is 5.00. The summed E-state index contributed by atoms with van der Waals surface area (Å²) < 4.78 is 0.715. The molecular formula is C14H8BrClN2O. The van der Waals surface area contributed by atoms with E-state index in [1.165, 1.54) is 0 Å². The molecule has 0 heterocycles. The highest BCUT2D eigenvalue weighted by atomic mass is 79.9. The molecule has 0 spiro atoms. The summed E-state index contributed by atoms with van der Waals surface area (Å²) in [5.74, 6) is -0.242. The van der Waals surface area contributed by atoms with Gasteiger partial charge in [0.05, 0.1) is 16.1 Å². The Labute approximate surface area is 123 Å². The predicted molar refractivity (Wildman–Crippen MR) is 78.3 cm³/mol. The Morgan fingerprint density at radius 3 is 2.63 bits per heavy atom. The molecule has 0 unspecified atom stereocenters. The Kier molecular flexibility index (Phi) is 4.20. The Bertz CT molecular complexity index is 679. The summed E-state index contributed by atoms with van der Waals surface area (Å²) in [6.45, 7) is 0. The molecular weight excluding hydrogens is 328 g/mol. The first-order valence-corrected chi connectivity index (χ1v) is 6.54. The van der Waals surface area contributed by atoms with Crippen LogP contribution in [0.15, 0.2) is 46.9 Å². The number of hydrogen-bond acceptors (Lipinski definition) is 2. The van der Waals surface area contributed by atoms with Gasteiger partial charge in [0, 0.05) is 10.2 Å². The van der Waals surface area contributed by atoms with E-state index in [1.807, 2.05) is 12.1 Å². The Morgan fingerprint density at radius 1 is 1.26 bits per heavy atom. The summed E-state index contributed by atoms with van der Waals surface area (Å²) in [7, 11) is 0. The molecule has 2 aromatic rings. The topological polar surface area (TPSA) is 52.9 Å². The summed E-state index contributed by atoms with van der Waals surface area (Å²) >= 11 is 9.22. The van der Waals surface area contributed by atoms with Gasteiger partial charge >= 0.3 is 0 Å². The van der Waals surface area contributed by atoms with Crippen LogP contribution in [0.2, 0.25) is 5.02 Å². The maximum absolute atomic E-state index is 12.1. The largest absolute Gasteiger partial charge is 0.322 e. The number of benzene rings is 2. The smallest absolute Gasteiger partial charge is 0.256 e. The van der Waals surface area contributed by atoms with E-state index in [0.717, 1.165) is 0 Å². The number of halogens is 2. The minimum atomic E-state index is -0.242. The summed E-state index contributed by atoms with van der Waals surface area (Å²) in [4.78, 5) is 12.1. The monoisotopic (exact) mass is 334 g/mol. The second-order valence-electron chi connectivity index (χ2n) is 3.74. The fraction of sp³-hybridized carbons (Fsp3) is 0. The van der Waals surface area contributed by atoms with E-state index >= 15 is 0 Å². The number of carbonyl (C=O) groups is 1. The van der Waals surface area contributed by atoms with Crippen LogP contribution < -0.4 is 5.32 Å². The molecule has 0 atom stereocenters. The lowest BCUT2D eigenvalue weighted by atomic mass is 10.2. The zero-order valence-electron chi connectivity index (χ0n) is 9.65. The number of nitriles is 1. The van der Waals surface area contributed by atoms with E-state index in [9.17, 15) is 4.79 Å². The van der Waals surface area contributed by atoms with Crippen molar-refractivity contribution in [3.8, 4) is 6.07 Å². The van der Waals surface area contributed by atoms with Gasteiger partial charge in [-0.25, -0.2) is 0 Å². The van der Waals surface area contributed by atoms with Crippen molar-refractivity contribution in [1.29, 1.82) is 5.26 Å². The summed E-state index contributed by atoms with van der Waals surface area (Å²) in [6.07, 6.45) is 0.